The van der Waals surface area contributed by atoms with Crippen molar-refractivity contribution in [3.8, 4) is 0 Å². The molecule has 2 unspecified atom stereocenters. The number of pyridine rings is 1. The van der Waals surface area contributed by atoms with Gasteiger partial charge in [0.2, 0.25) is 0 Å². The first kappa shape index (κ1) is 11.4. The van der Waals surface area contributed by atoms with Crippen LogP contribution in [0.15, 0.2) is 29.6 Å². The lowest BCUT2D eigenvalue weighted by molar-refractivity contribution is 0.640. The lowest BCUT2D eigenvalue weighted by atomic mass is 10.2. The first-order chi connectivity index (χ1) is 7.72. The molecule has 0 amide bonds. The van der Waals surface area contributed by atoms with E-state index in [1.165, 1.54) is 0 Å². The standard InChI is InChI=1S/C11H16N4S/c1-3-9(12)8(2)16-11-14-13-10-6-4-5-7-15(10)11/h4-9H,3,12H2,1-2H3. The molecule has 0 saturated carbocycles. The van der Waals surface area contributed by atoms with E-state index in [9.17, 15) is 0 Å². The molecule has 0 bridgehead atoms. The molecule has 16 heavy (non-hydrogen) atoms. The van der Waals surface area contributed by atoms with E-state index in [1.54, 1.807) is 11.8 Å². The minimum Gasteiger partial charge on any atom is -0.327 e. The van der Waals surface area contributed by atoms with Crippen molar-refractivity contribution in [2.24, 2.45) is 5.73 Å². The van der Waals surface area contributed by atoms with Gasteiger partial charge in [0.25, 0.3) is 0 Å². The number of hydrogen-bond acceptors (Lipinski definition) is 4. The first-order valence-corrected chi connectivity index (χ1v) is 6.32. The van der Waals surface area contributed by atoms with E-state index in [-0.39, 0.29) is 6.04 Å². The van der Waals surface area contributed by atoms with Gasteiger partial charge in [-0.2, -0.15) is 0 Å². The number of fused-ring (bicyclic) bond motifs is 1. The molecular weight excluding hydrogens is 220 g/mol. The molecule has 0 aliphatic carbocycles. The summed E-state index contributed by atoms with van der Waals surface area (Å²) >= 11 is 1.68. The second-order valence-corrected chi connectivity index (χ2v) is 5.15. The highest BCUT2D eigenvalue weighted by Gasteiger charge is 2.15. The van der Waals surface area contributed by atoms with E-state index in [2.05, 4.69) is 24.0 Å². The van der Waals surface area contributed by atoms with Gasteiger partial charge in [0, 0.05) is 17.5 Å². The van der Waals surface area contributed by atoms with Gasteiger partial charge in [0.05, 0.1) is 0 Å². The summed E-state index contributed by atoms with van der Waals surface area (Å²) in [4.78, 5) is 0. The fourth-order valence-electron chi connectivity index (χ4n) is 1.49. The van der Waals surface area contributed by atoms with Crippen molar-refractivity contribution < 1.29 is 0 Å². The van der Waals surface area contributed by atoms with Crippen molar-refractivity contribution in [3.63, 3.8) is 0 Å². The summed E-state index contributed by atoms with van der Waals surface area (Å²) in [5.41, 5.74) is 6.88. The molecule has 86 valence electrons. The fraction of sp³-hybridized carbons (Fsp3) is 0.455. The van der Waals surface area contributed by atoms with Gasteiger partial charge in [-0.3, -0.25) is 4.40 Å². The molecule has 4 nitrogen and oxygen atoms in total. The molecule has 0 radical (unpaired) electrons. The molecule has 0 saturated heterocycles. The number of hydrogen-bond donors (Lipinski definition) is 1. The Kier molecular flexibility index (Phi) is 3.46. The highest BCUT2D eigenvalue weighted by Crippen LogP contribution is 2.24. The Hall–Kier alpha value is -1.07. The SMILES string of the molecule is CCC(N)C(C)Sc1nnc2ccccn12. The minimum absolute atomic E-state index is 0.195. The average molecular weight is 236 g/mol. The maximum atomic E-state index is 6.00. The molecule has 0 aromatic carbocycles. The van der Waals surface area contributed by atoms with Crippen LogP contribution >= 0.6 is 11.8 Å². The second-order valence-electron chi connectivity index (χ2n) is 3.81. The van der Waals surface area contributed by atoms with Crippen molar-refractivity contribution in [2.45, 2.75) is 36.7 Å². The zero-order valence-electron chi connectivity index (χ0n) is 9.50. The molecule has 5 heteroatoms. The van der Waals surface area contributed by atoms with Crippen LogP contribution in [0.1, 0.15) is 20.3 Å². The van der Waals surface area contributed by atoms with Crippen molar-refractivity contribution in [3.05, 3.63) is 24.4 Å². The molecule has 0 spiro atoms. The highest BCUT2D eigenvalue weighted by molar-refractivity contribution is 7.99. The third kappa shape index (κ3) is 2.20. The van der Waals surface area contributed by atoms with Crippen molar-refractivity contribution in [1.82, 2.24) is 14.6 Å². The molecule has 0 fully saturated rings. The van der Waals surface area contributed by atoms with Crippen LogP contribution in [-0.2, 0) is 0 Å². The molecule has 2 N–H and O–H groups in total. The Morgan fingerprint density at radius 2 is 2.25 bits per heavy atom. The fourth-order valence-corrected chi connectivity index (χ4v) is 2.54. The van der Waals surface area contributed by atoms with Crippen LogP contribution < -0.4 is 5.73 Å². The molecule has 2 heterocycles. The summed E-state index contributed by atoms with van der Waals surface area (Å²) in [6, 6.07) is 6.08. The van der Waals surface area contributed by atoms with Gasteiger partial charge in [-0.25, -0.2) is 0 Å². The summed E-state index contributed by atoms with van der Waals surface area (Å²) in [7, 11) is 0. The van der Waals surface area contributed by atoms with E-state index < -0.39 is 0 Å². The van der Waals surface area contributed by atoms with Gasteiger partial charge in [0.1, 0.15) is 0 Å². The van der Waals surface area contributed by atoms with E-state index in [4.69, 9.17) is 5.73 Å². The monoisotopic (exact) mass is 236 g/mol. The largest absolute Gasteiger partial charge is 0.327 e. The highest BCUT2D eigenvalue weighted by atomic mass is 32.2. The van der Waals surface area contributed by atoms with Gasteiger partial charge in [-0.1, -0.05) is 31.7 Å². The zero-order valence-corrected chi connectivity index (χ0v) is 10.3. The Bertz CT molecular complexity index is 468. The van der Waals surface area contributed by atoms with Gasteiger partial charge in [-0.05, 0) is 18.6 Å². The van der Waals surface area contributed by atoms with Gasteiger partial charge in [0.15, 0.2) is 10.8 Å². The molecule has 2 rings (SSSR count). The first-order valence-electron chi connectivity index (χ1n) is 5.44. The Morgan fingerprint density at radius 1 is 1.44 bits per heavy atom. The maximum absolute atomic E-state index is 6.00. The van der Waals surface area contributed by atoms with E-state index >= 15 is 0 Å². The topological polar surface area (TPSA) is 56.2 Å². The van der Waals surface area contributed by atoms with Crippen LogP contribution in [-0.4, -0.2) is 25.9 Å². The van der Waals surface area contributed by atoms with Gasteiger partial charge in [-0.15, -0.1) is 10.2 Å². The van der Waals surface area contributed by atoms with Crippen LogP contribution in [0, 0.1) is 0 Å². The summed E-state index contributed by atoms with van der Waals surface area (Å²) in [6.07, 6.45) is 2.95. The van der Waals surface area contributed by atoms with E-state index in [1.807, 2.05) is 28.8 Å². The molecule has 2 aromatic rings. The smallest absolute Gasteiger partial charge is 0.195 e. The lowest BCUT2D eigenvalue weighted by Crippen LogP contribution is -2.29. The van der Waals surface area contributed by atoms with Crippen molar-refractivity contribution >= 4 is 17.4 Å². The van der Waals surface area contributed by atoms with Crippen molar-refractivity contribution in [2.75, 3.05) is 0 Å². The number of thioether (sulfide) groups is 1. The number of aromatic nitrogens is 3. The van der Waals surface area contributed by atoms with Crippen LogP contribution in [0.3, 0.4) is 0 Å². The summed E-state index contributed by atoms with van der Waals surface area (Å²) in [5, 5.41) is 9.53. The van der Waals surface area contributed by atoms with Crippen LogP contribution in [0.4, 0.5) is 0 Å². The summed E-state index contributed by atoms with van der Waals surface area (Å²) in [6.45, 7) is 4.23. The van der Waals surface area contributed by atoms with E-state index in [0.29, 0.717) is 5.25 Å². The molecular formula is C11H16N4S. The average Bonchev–Trinajstić information content (AvgIpc) is 2.72. The third-order valence-corrected chi connectivity index (χ3v) is 3.86. The van der Waals surface area contributed by atoms with Crippen LogP contribution in [0.2, 0.25) is 0 Å². The number of nitrogens with zero attached hydrogens (tertiary/aromatic N) is 3. The predicted octanol–water partition coefficient (Wildman–Crippen LogP) is 1.95. The number of nitrogens with two attached hydrogens (primary N) is 1. The Labute approximate surface area is 99.2 Å². The third-order valence-electron chi connectivity index (χ3n) is 2.65. The van der Waals surface area contributed by atoms with Crippen molar-refractivity contribution in [1.29, 1.82) is 0 Å². The summed E-state index contributed by atoms with van der Waals surface area (Å²) < 4.78 is 1.99. The Morgan fingerprint density at radius 3 is 3.00 bits per heavy atom. The molecule has 2 atom stereocenters. The Balaban J connectivity index is 2.21. The number of rotatable bonds is 4. The quantitative estimate of drug-likeness (QED) is 0.824. The maximum Gasteiger partial charge on any atom is 0.195 e. The van der Waals surface area contributed by atoms with Gasteiger partial charge < -0.3 is 5.73 Å². The van der Waals surface area contributed by atoms with E-state index in [0.717, 1.165) is 17.2 Å². The molecule has 0 aliphatic rings. The van der Waals surface area contributed by atoms with Gasteiger partial charge >= 0.3 is 0 Å². The van der Waals surface area contributed by atoms with Crippen LogP contribution in [0.25, 0.3) is 5.65 Å². The van der Waals surface area contributed by atoms with Crippen LogP contribution in [0.5, 0.6) is 0 Å². The normalized spacial score (nSPS) is 15.2. The molecule has 0 aliphatic heterocycles. The zero-order chi connectivity index (χ0) is 11.5. The minimum atomic E-state index is 0.195. The second kappa shape index (κ2) is 4.84. The summed E-state index contributed by atoms with van der Waals surface area (Å²) in [5.74, 6) is 0. The molecule has 2 aromatic heterocycles. The predicted molar refractivity (Wildman–Crippen MR) is 66.6 cm³/mol. The lowest BCUT2D eigenvalue weighted by Gasteiger charge is -2.16.